The number of esters is 1. The van der Waals surface area contributed by atoms with Crippen LogP contribution < -0.4 is 28.5 Å². The normalized spacial score (nSPS) is 14.4. The van der Waals surface area contributed by atoms with E-state index in [2.05, 4.69) is 6.92 Å². The Morgan fingerprint density at radius 1 is 1.11 bits per heavy atom. The summed E-state index contributed by atoms with van der Waals surface area (Å²) in [7, 11) is 0. The third-order valence-electron chi connectivity index (χ3n) is 5.40. The standard InChI is InChI=1S/C23H30NO2.HI/c1-2-24-16-15-21(20-13-7-4-8-14-20)22(18-24)23(25)26-17-9-12-19-10-5-3-6-11-19;/h4,7-8,13-16,18-19H,2-3,5-6,9-12,17H2,1H3;1H/q+1;/p-1. The van der Waals surface area contributed by atoms with Crippen LogP contribution in [0.25, 0.3) is 11.1 Å². The molecule has 1 aliphatic carbocycles. The first-order valence-corrected chi connectivity index (χ1v) is 10.0. The Hall–Kier alpha value is -1.43. The summed E-state index contributed by atoms with van der Waals surface area (Å²) in [5.41, 5.74) is 2.63. The molecule has 27 heavy (non-hydrogen) atoms. The van der Waals surface area contributed by atoms with Crippen LogP contribution in [-0.4, -0.2) is 12.6 Å². The smallest absolute Gasteiger partial charge is 0.344 e. The molecular formula is C23H30INO2. The van der Waals surface area contributed by atoms with Gasteiger partial charge in [0.05, 0.1) is 6.61 Å². The third-order valence-corrected chi connectivity index (χ3v) is 5.40. The first-order chi connectivity index (χ1) is 12.8. The van der Waals surface area contributed by atoms with Crippen molar-refractivity contribution in [2.75, 3.05) is 6.61 Å². The molecule has 0 aliphatic heterocycles. The fourth-order valence-corrected chi connectivity index (χ4v) is 3.86. The summed E-state index contributed by atoms with van der Waals surface area (Å²) in [6.07, 6.45) is 12.9. The fourth-order valence-electron chi connectivity index (χ4n) is 3.86. The molecule has 0 saturated heterocycles. The minimum absolute atomic E-state index is 0. The molecule has 0 atom stereocenters. The quantitative estimate of drug-likeness (QED) is 0.264. The number of benzene rings is 1. The highest BCUT2D eigenvalue weighted by Crippen LogP contribution is 2.27. The van der Waals surface area contributed by atoms with Gasteiger partial charge in [0, 0.05) is 11.6 Å². The zero-order chi connectivity index (χ0) is 18.2. The molecule has 1 fully saturated rings. The molecule has 0 radical (unpaired) electrons. The number of halogens is 1. The molecule has 2 aromatic rings. The molecule has 3 rings (SSSR count). The predicted molar refractivity (Wildman–Crippen MR) is 104 cm³/mol. The summed E-state index contributed by atoms with van der Waals surface area (Å²) in [6.45, 7) is 3.42. The largest absolute Gasteiger partial charge is 1.00 e. The summed E-state index contributed by atoms with van der Waals surface area (Å²) in [5.74, 6) is 0.622. The van der Waals surface area contributed by atoms with Gasteiger partial charge in [0.15, 0.2) is 12.4 Å². The third kappa shape index (κ3) is 6.30. The maximum Gasteiger partial charge on any atom is 0.344 e. The number of rotatable bonds is 7. The molecular weight excluding hydrogens is 449 g/mol. The van der Waals surface area contributed by atoms with Crippen molar-refractivity contribution in [2.24, 2.45) is 5.92 Å². The number of aryl methyl sites for hydroxylation is 1. The van der Waals surface area contributed by atoms with Gasteiger partial charge in [0.25, 0.3) is 0 Å². The SMILES string of the molecule is CC[n+]1ccc(-c2ccccc2)c(C(=O)OCCCC2CCCCC2)c1.[I-]. The minimum atomic E-state index is -0.213. The van der Waals surface area contributed by atoms with E-state index in [1.807, 2.05) is 53.4 Å². The van der Waals surface area contributed by atoms with Crippen molar-refractivity contribution in [1.29, 1.82) is 0 Å². The molecule has 0 N–H and O–H groups in total. The first-order valence-electron chi connectivity index (χ1n) is 10.0. The second kappa shape index (κ2) is 11.4. The summed E-state index contributed by atoms with van der Waals surface area (Å²) >= 11 is 0. The van der Waals surface area contributed by atoms with Crippen molar-refractivity contribution in [1.82, 2.24) is 0 Å². The van der Waals surface area contributed by atoms with E-state index >= 15 is 0 Å². The van der Waals surface area contributed by atoms with Crippen LogP contribution in [0.5, 0.6) is 0 Å². The summed E-state index contributed by atoms with van der Waals surface area (Å²) in [6, 6.07) is 12.1. The molecule has 1 heterocycles. The average molecular weight is 479 g/mol. The summed E-state index contributed by atoms with van der Waals surface area (Å²) in [5, 5.41) is 0. The lowest BCUT2D eigenvalue weighted by molar-refractivity contribution is -0.693. The Morgan fingerprint density at radius 3 is 2.56 bits per heavy atom. The number of carbonyl (C=O) groups is 1. The molecule has 1 aliphatic rings. The van der Waals surface area contributed by atoms with Gasteiger partial charge in [0.1, 0.15) is 12.1 Å². The molecule has 4 heteroatoms. The van der Waals surface area contributed by atoms with Crippen molar-refractivity contribution < 1.29 is 38.1 Å². The number of hydrogen-bond acceptors (Lipinski definition) is 2. The summed E-state index contributed by atoms with van der Waals surface area (Å²) in [4.78, 5) is 12.7. The Labute approximate surface area is 180 Å². The molecule has 1 aromatic heterocycles. The van der Waals surface area contributed by atoms with Crippen LogP contribution in [0, 0.1) is 5.92 Å². The van der Waals surface area contributed by atoms with E-state index in [1.54, 1.807) is 0 Å². The van der Waals surface area contributed by atoms with Gasteiger partial charge < -0.3 is 28.7 Å². The van der Waals surface area contributed by atoms with Gasteiger partial charge in [-0.1, -0.05) is 62.4 Å². The van der Waals surface area contributed by atoms with Gasteiger partial charge in [-0.25, -0.2) is 9.36 Å². The van der Waals surface area contributed by atoms with E-state index in [-0.39, 0.29) is 29.9 Å². The van der Waals surface area contributed by atoms with Gasteiger partial charge in [-0.05, 0) is 31.2 Å². The second-order valence-electron chi connectivity index (χ2n) is 7.25. The van der Waals surface area contributed by atoms with E-state index in [9.17, 15) is 4.79 Å². The minimum Gasteiger partial charge on any atom is -1.00 e. The Bertz CT molecular complexity index is 712. The molecule has 1 saturated carbocycles. The fraction of sp³-hybridized carbons (Fsp3) is 0.478. The molecule has 0 amide bonds. The number of hydrogen-bond donors (Lipinski definition) is 0. The van der Waals surface area contributed by atoms with Crippen LogP contribution in [0.4, 0.5) is 0 Å². The highest BCUT2D eigenvalue weighted by atomic mass is 127. The predicted octanol–water partition coefficient (Wildman–Crippen LogP) is 2.18. The maximum absolute atomic E-state index is 12.7. The van der Waals surface area contributed by atoms with Gasteiger partial charge in [-0.15, -0.1) is 0 Å². The van der Waals surface area contributed by atoms with Crippen molar-refractivity contribution in [3.8, 4) is 11.1 Å². The zero-order valence-electron chi connectivity index (χ0n) is 16.2. The van der Waals surface area contributed by atoms with Crippen molar-refractivity contribution in [3.63, 3.8) is 0 Å². The number of carbonyl (C=O) groups excluding carboxylic acids is 1. The van der Waals surface area contributed by atoms with Gasteiger partial charge in [0.2, 0.25) is 0 Å². The highest BCUT2D eigenvalue weighted by Gasteiger charge is 2.19. The van der Waals surface area contributed by atoms with E-state index in [0.29, 0.717) is 12.2 Å². The average Bonchev–Trinajstić information content (AvgIpc) is 2.72. The van der Waals surface area contributed by atoms with Crippen molar-refractivity contribution in [2.45, 2.75) is 58.4 Å². The lowest BCUT2D eigenvalue weighted by Crippen LogP contribution is -3.00. The van der Waals surface area contributed by atoms with E-state index in [0.717, 1.165) is 30.0 Å². The topological polar surface area (TPSA) is 30.2 Å². The molecule has 3 nitrogen and oxygen atoms in total. The number of nitrogens with zero attached hydrogens (tertiary/aromatic N) is 1. The van der Waals surface area contributed by atoms with Crippen LogP contribution in [0.15, 0.2) is 48.8 Å². The Balaban J connectivity index is 0.00000261. The Kier molecular flexibility index (Phi) is 9.25. The molecule has 0 spiro atoms. The lowest BCUT2D eigenvalue weighted by atomic mass is 9.86. The maximum atomic E-state index is 12.7. The first kappa shape index (κ1) is 21.9. The van der Waals surface area contributed by atoms with E-state index in [1.165, 1.54) is 38.5 Å². The van der Waals surface area contributed by atoms with Crippen molar-refractivity contribution >= 4 is 5.97 Å². The van der Waals surface area contributed by atoms with Crippen LogP contribution in [-0.2, 0) is 11.3 Å². The number of aromatic nitrogens is 1. The van der Waals surface area contributed by atoms with Crippen LogP contribution in [0.2, 0.25) is 0 Å². The zero-order valence-corrected chi connectivity index (χ0v) is 18.4. The van der Waals surface area contributed by atoms with E-state index < -0.39 is 0 Å². The molecule has 146 valence electrons. The highest BCUT2D eigenvalue weighted by molar-refractivity contribution is 5.96. The number of pyridine rings is 1. The molecule has 0 bridgehead atoms. The second-order valence-corrected chi connectivity index (χ2v) is 7.25. The lowest BCUT2D eigenvalue weighted by Gasteiger charge is -2.21. The van der Waals surface area contributed by atoms with Gasteiger partial charge in [-0.2, -0.15) is 0 Å². The van der Waals surface area contributed by atoms with Gasteiger partial charge >= 0.3 is 5.97 Å². The molecule has 1 aromatic carbocycles. The van der Waals surface area contributed by atoms with Gasteiger partial charge in [-0.3, -0.25) is 0 Å². The molecule has 0 unspecified atom stereocenters. The Morgan fingerprint density at radius 2 is 1.85 bits per heavy atom. The van der Waals surface area contributed by atoms with Crippen LogP contribution in [0.1, 0.15) is 62.2 Å². The van der Waals surface area contributed by atoms with Crippen LogP contribution in [0.3, 0.4) is 0 Å². The monoisotopic (exact) mass is 479 g/mol. The van der Waals surface area contributed by atoms with Crippen molar-refractivity contribution in [3.05, 3.63) is 54.4 Å². The van der Waals surface area contributed by atoms with Crippen LogP contribution >= 0.6 is 0 Å². The summed E-state index contributed by atoms with van der Waals surface area (Å²) < 4.78 is 7.65. The number of ether oxygens (including phenoxy) is 1. The van der Waals surface area contributed by atoms with E-state index in [4.69, 9.17) is 4.74 Å².